The van der Waals surface area contributed by atoms with Gasteiger partial charge in [0, 0.05) is 15.6 Å². The molecule has 0 aliphatic carbocycles. The van der Waals surface area contributed by atoms with Gasteiger partial charge in [0.25, 0.3) is 0 Å². The minimum Gasteiger partial charge on any atom is -0.0843 e. The summed E-state index contributed by atoms with van der Waals surface area (Å²) in [7, 11) is 0. The van der Waals surface area contributed by atoms with Crippen LogP contribution in [0.3, 0.4) is 0 Å². The minimum atomic E-state index is 0.208. The molecule has 4 heteroatoms. The lowest BCUT2D eigenvalue weighted by Crippen LogP contribution is -1.88. The highest BCUT2D eigenvalue weighted by Crippen LogP contribution is 2.32. The van der Waals surface area contributed by atoms with Gasteiger partial charge >= 0.3 is 0 Å². The molecule has 2 aromatic rings. The maximum atomic E-state index is 5.97. The molecular formula is C14H8Cl4. The van der Waals surface area contributed by atoms with E-state index >= 15 is 0 Å². The van der Waals surface area contributed by atoms with Gasteiger partial charge in [0.05, 0.1) is 0 Å². The van der Waals surface area contributed by atoms with Gasteiger partial charge in [-0.3, -0.25) is 0 Å². The van der Waals surface area contributed by atoms with Gasteiger partial charge in [-0.15, -0.1) is 0 Å². The summed E-state index contributed by atoms with van der Waals surface area (Å²) < 4.78 is 0.208. The lowest BCUT2D eigenvalue weighted by molar-refractivity contribution is 1.55. The molecule has 0 radical (unpaired) electrons. The van der Waals surface area contributed by atoms with Gasteiger partial charge in [0.2, 0.25) is 0 Å². The summed E-state index contributed by atoms with van der Waals surface area (Å²) in [5.74, 6) is 0. The van der Waals surface area contributed by atoms with E-state index in [0.717, 1.165) is 16.7 Å². The Morgan fingerprint density at radius 3 is 1.22 bits per heavy atom. The van der Waals surface area contributed by atoms with Crippen molar-refractivity contribution in [1.82, 2.24) is 0 Å². The van der Waals surface area contributed by atoms with Crippen LogP contribution in [-0.2, 0) is 0 Å². The first kappa shape index (κ1) is 13.8. The molecule has 0 aliphatic rings. The molecule has 2 rings (SSSR count). The first-order valence-corrected chi connectivity index (χ1v) is 6.66. The Labute approximate surface area is 126 Å². The van der Waals surface area contributed by atoms with E-state index in [9.17, 15) is 0 Å². The zero-order chi connectivity index (χ0) is 13.1. The van der Waals surface area contributed by atoms with E-state index < -0.39 is 0 Å². The molecule has 92 valence electrons. The molecular weight excluding hydrogens is 318 g/mol. The summed E-state index contributed by atoms with van der Waals surface area (Å²) in [6.45, 7) is 0. The monoisotopic (exact) mass is 324 g/mol. The quantitative estimate of drug-likeness (QED) is 0.617. The lowest BCUT2D eigenvalue weighted by atomic mass is 10.2. The highest BCUT2D eigenvalue weighted by atomic mass is 35.5. The van der Waals surface area contributed by atoms with Crippen LogP contribution < -0.4 is 0 Å². The average Bonchev–Trinajstić information content (AvgIpc) is 2.34. The SMILES string of the molecule is ClC(Cl)=C(c1[13cH][13cH]c(Cl)[13cH][13cH]1)c1[13cH][13cH]c(Cl)[13cH][13cH]1. The molecule has 0 heterocycles. The maximum absolute atomic E-state index is 5.97. The Balaban J connectivity index is 2.51. The van der Waals surface area contributed by atoms with Crippen LogP contribution in [0.25, 0.3) is 5.57 Å². The fourth-order valence-electron chi connectivity index (χ4n) is 1.62. The topological polar surface area (TPSA) is 0 Å². The molecule has 0 amide bonds. The highest BCUT2D eigenvalue weighted by Gasteiger charge is 2.09. The van der Waals surface area contributed by atoms with Crippen LogP contribution in [-0.4, -0.2) is 0 Å². The van der Waals surface area contributed by atoms with Crippen molar-refractivity contribution in [3.63, 3.8) is 0 Å². The predicted octanol–water partition coefficient (Wildman–Crippen LogP) is 6.19. The van der Waals surface area contributed by atoms with Crippen molar-refractivity contribution in [1.29, 1.82) is 0 Å². The van der Waals surface area contributed by atoms with Crippen molar-refractivity contribution in [2.24, 2.45) is 0 Å². The van der Waals surface area contributed by atoms with Gasteiger partial charge in [0.15, 0.2) is 0 Å². The normalized spacial score (nSPS) is 10.2. The van der Waals surface area contributed by atoms with E-state index in [-0.39, 0.29) is 4.49 Å². The average molecular weight is 326 g/mol. The highest BCUT2D eigenvalue weighted by molar-refractivity contribution is 6.59. The third kappa shape index (κ3) is 3.21. The van der Waals surface area contributed by atoms with E-state index in [1.165, 1.54) is 0 Å². The van der Waals surface area contributed by atoms with Crippen LogP contribution >= 0.6 is 46.4 Å². The van der Waals surface area contributed by atoms with E-state index in [1.807, 2.05) is 24.3 Å². The van der Waals surface area contributed by atoms with Gasteiger partial charge in [-0.2, -0.15) is 0 Å². The third-order valence-corrected chi connectivity index (χ3v) is 3.34. The Morgan fingerprint density at radius 2 is 0.944 bits per heavy atom. The number of hydrogen-bond acceptors (Lipinski definition) is 0. The Kier molecular flexibility index (Phi) is 4.58. The molecule has 18 heavy (non-hydrogen) atoms. The molecule has 0 N–H and O–H groups in total. The Morgan fingerprint density at radius 1 is 0.611 bits per heavy atom. The van der Waals surface area contributed by atoms with E-state index in [0.29, 0.717) is 10.0 Å². The van der Waals surface area contributed by atoms with Crippen LogP contribution in [0.1, 0.15) is 11.1 Å². The summed E-state index contributed by atoms with van der Waals surface area (Å²) >= 11 is 23.7. The van der Waals surface area contributed by atoms with Crippen LogP contribution in [0, 0.1) is 0 Å². The molecule has 0 bridgehead atoms. The predicted molar refractivity (Wildman–Crippen MR) is 80.6 cm³/mol. The summed E-state index contributed by atoms with van der Waals surface area (Å²) in [6.07, 6.45) is 0. The van der Waals surface area contributed by atoms with Crippen LogP contribution in [0.2, 0.25) is 10.0 Å². The van der Waals surface area contributed by atoms with Gasteiger partial charge < -0.3 is 0 Å². The zero-order valence-corrected chi connectivity index (χ0v) is 12.2. The van der Waals surface area contributed by atoms with Gasteiger partial charge in [-0.05, 0) is 35.4 Å². The largest absolute Gasteiger partial charge is 0.115 e. The third-order valence-electron chi connectivity index (χ3n) is 2.45. The summed E-state index contributed by atoms with van der Waals surface area (Å²) in [4.78, 5) is 0. The van der Waals surface area contributed by atoms with Crippen LogP contribution in [0.4, 0.5) is 0 Å². The van der Waals surface area contributed by atoms with Crippen molar-refractivity contribution < 1.29 is 0 Å². The molecule has 0 aliphatic heterocycles. The van der Waals surface area contributed by atoms with Crippen molar-refractivity contribution in [2.75, 3.05) is 0 Å². The summed E-state index contributed by atoms with van der Waals surface area (Å²) in [5.41, 5.74) is 2.56. The van der Waals surface area contributed by atoms with Crippen LogP contribution in [0.5, 0.6) is 0 Å². The zero-order valence-electron chi connectivity index (χ0n) is 9.13. The number of benzene rings is 2. The van der Waals surface area contributed by atoms with Gasteiger partial charge in [0.1, 0.15) is 4.49 Å². The standard InChI is InChI=1S/C14H8Cl4/c15-11-5-1-9(2-6-11)13(14(17)18)10-3-7-12(16)8-4-10/h1-8H/i1+1,2+1,3+1,4+1,5+1,6+1,7+1,8+1. The fourth-order valence-corrected chi connectivity index (χ4v) is 2.31. The van der Waals surface area contributed by atoms with Crippen molar-refractivity contribution in [3.8, 4) is 0 Å². The maximum Gasteiger partial charge on any atom is 0.115 e. The first-order valence-electron chi connectivity index (χ1n) is 5.15. The van der Waals surface area contributed by atoms with E-state index in [2.05, 4.69) is 0 Å². The number of hydrogen-bond donors (Lipinski definition) is 0. The second-order valence-electron chi connectivity index (χ2n) is 3.65. The van der Waals surface area contributed by atoms with Crippen molar-refractivity contribution in [3.05, 3.63) is 74.2 Å². The molecule has 0 fully saturated rings. The molecule has 0 aromatic heterocycles. The van der Waals surface area contributed by atoms with Gasteiger partial charge in [-0.25, -0.2) is 0 Å². The molecule has 0 saturated heterocycles. The van der Waals surface area contributed by atoms with Crippen molar-refractivity contribution >= 4 is 52.0 Å². The minimum absolute atomic E-state index is 0.208. The smallest absolute Gasteiger partial charge is 0.0843 e. The summed E-state index contributed by atoms with van der Waals surface area (Å²) in [5, 5.41) is 1.33. The molecule has 2 aromatic carbocycles. The Bertz CT molecular complexity index is 516. The molecule has 0 atom stereocenters. The van der Waals surface area contributed by atoms with E-state index in [1.54, 1.807) is 24.3 Å². The van der Waals surface area contributed by atoms with Crippen molar-refractivity contribution in [2.45, 2.75) is 0 Å². The summed E-state index contributed by atoms with van der Waals surface area (Å²) in [6, 6.07) is 14.7. The Hall–Kier alpha value is -0.660. The number of halogens is 4. The van der Waals surface area contributed by atoms with Crippen LogP contribution in [0.15, 0.2) is 53.0 Å². The lowest BCUT2D eigenvalue weighted by Gasteiger charge is -2.09. The second kappa shape index (κ2) is 5.99. The molecule has 0 nitrogen and oxygen atoms in total. The van der Waals surface area contributed by atoms with Gasteiger partial charge in [-0.1, -0.05) is 70.7 Å². The molecule has 0 saturated carbocycles. The molecule has 0 unspecified atom stereocenters. The second-order valence-corrected chi connectivity index (χ2v) is 5.47. The fraction of sp³-hybridized carbons (Fsp3) is 0. The molecule has 0 spiro atoms. The van der Waals surface area contributed by atoms with E-state index in [4.69, 9.17) is 46.4 Å². The first-order chi connectivity index (χ1) is 8.58. The number of rotatable bonds is 2.